The third-order valence-electron chi connectivity index (χ3n) is 4.80. The predicted molar refractivity (Wildman–Crippen MR) is 94.9 cm³/mol. The first-order chi connectivity index (χ1) is 10.9. The van der Waals surface area contributed by atoms with Crippen LogP contribution in [0.5, 0.6) is 0 Å². The normalized spacial score (nSPS) is 19.5. The van der Waals surface area contributed by atoms with E-state index in [-0.39, 0.29) is 24.2 Å². The Hall–Kier alpha value is -1.15. The van der Waals surface area contributed by atoms with Crippen LogP contribution in [0.4, 0.5) is 0 Å². The SMILES string of the molecule is Cc1ccc(S(=O)(=O)N2CCN(C(=O)C3CNC3)CC2)cc1C.Cl. The van der Waals surface area contributed by atoms with Crippen LogP contribution < -0.4 is 5.32 Å². The number of piperazine rings is 1. The van der Waals surface area contributed by atoms with Gasteiger partial charge in [0.2, 0.25) is 15.9 Å². The highest BCUT2D eigenvalue weighted by Crippen LogP contribution is 2.21. The Morgan fingerprint density at radius 2 is 1.71 bits per heavy atom. The minimum absolute atomic E-state index is 0. The van der Waals surface area contributed by atoms with Gasteiger partial charge in [-0.2, -0.15) is 4.31 Å². The summed E-state index contributed by atoms with van der Waals surface area (Å²) < 4.78 is 27.0. The summed E-state index contributed by atoms with van der Waals surface area (Å²) in [7, 11) is -3.48. The van der Waals surface area contributed by atoms with Gasteiger partial charge in [0.25, 0.3) is 0 Å². The molecule has 134 valence electrons. The molecule has 0 atom stereocenters. The van der Waals surface area contributed by atoms with Gasteiger partial charge in [0, 0.05) is 39.3 Å². The van der Waals surface area contributed by atoms with Gasteiger partial charge in [-0.25, -0.2) is 8.42 Å². The summed E-state index contributed by atoms with van der Waals surface area (Å²) in [4.78, 5) is 14.3. The fourth-order valence-corrected chi connectivity index (χ4v) is 4.40. The second-order valence-corrected chi connectivity index (χ2v) is 8.27. The summed E-state index contributed by atoms with van der Waals surface area (Å²) in [6.45, 7) is 7.02. The van der Waals surface area contributed by atoms with E-state index in [1.165, 1.54) is 4.31 Å². The van der Waals surface area contributed by atoms with Gasteiger partial charge in [-0.1, -0.05) is 6.07 Å². The lowest BCUT2D eigenvalue weighted by Gasteiger charge is -2.38. The van der Waals surface area contributed by atoms with Crippen LogP contribution >= 0.6 is 12.4 Å². The maximum absolute atomic E-state index is 12.7. The molecule has 0 aliphatic carbocycles. The number of nitrogens with one attached hydrogen (secondary N) is 1. The summed E-state index contributed by atoms with van der Waals surface area (Å²) in [6, 6.07) is 5.23. The van der Waals surface area contributed by atoms with Crippen LogP contribution in [-0.2, 0) is 14.8 Å². The van der Waals surface area contributed by atoms with Crippen molar-refractivity contribution in [1.82, 2.24) is 14.5 Å². The monoisotopic (exact) mass is 373 g/mol. The summed E-state index contributed by atoms with van der Waals surface area (Å²) in [5.41, 5.74) is 2.05. The molecule has 2 aliphatic rings. The van der Waals surface area contributed by atoms with Crippen LogP contribution in [0.2, 0.25) is 0 Å². The van der Waals surface area contributed by atoms with Crippen LogP contribution in [-0.4, -0.2) is 62.8 Å². The first-order valence-corrected chi connectivity index (χ1v) is 9.40. The van der Waals surface area contributed by atoms with Gasteiger partial charge >= 0.3 is 0 Å². The molecule has 24 heavy (non-hydrogen) atoms. The molecule has 2 aliphatic heterocycles. The van der Waals surface area contributed by atoms with Crippen molar-refractivity contribution in [2.75, 3.05) is 39.3 Å². The zero-order valence-corrected chi connectivity index (χ0v) is 15.6. The van der Waals surface area contributed by atoms with E-state index in [1.54, 1.807) is 17.0 Å². The minimum Gasteiger partial charge on any atom is -0.340 e. The zero-order chi connectivity index (χ0) is 16.6. The Labute approximate surface area is 149 Å². The molecule has 0 radical (unpaired) electrons. The van der Waals surface area contributed by atoms with Gasteiger partial charge in [0.15, 0.2) is 0 Å². The van der Waals surface area contributed by atoms with E-state index < -0.39 is 10.0 Å². The van der Waals surface area contributed by atoms with Crippen molar-refractivity contribution in [2.24, 2.45) is 5.92 Å². The second-order valence-electron chi connectivity index (χ2n) is 6.33. The zero-order valence-electron chi connectivity index (χ0n) is 14.0. The summed E-state index contributed by atoms with van der Waals surface area (Å²) in [6.07, 6.45) is 0. The summed E-state index contributed by atoms with van der Waals surface area (Å²) >= 11 is 0. The van der Waals surface area contributed by atoms with Crippen molar-refractivity contribution in [2.45, 2.75) is 18.7 Å². The Morgan fingerprint density at radius 1 is 1.08 bits per heavy atom. The van der Waals surface area contributed by atoms with Crippen molar-refractivity contribution >= 4 is 28.3 Å². The molecule has 6 nitrogen and oxygen atoms in total. The number of sulfonamides is 1. The molecule has 2 fully saturated rings. The van der Waals surface area contributed by atoms with Crippen molar-refractivity contribution < 1.29 is 13.2 Å². The van der Waals surface area contributed by atoms with Crippen molar-refractivity contribution in [3.8, 4) is 0 Å². The van der Waals surface area contributed by atoms with Gasteiger partial charge in [0.05, 0.1) is 10.8 Å². The fraction of sp³-hybridized carbons (Fsp3) is 0.562. The first kappa shape index (κ1) is 19.2. The maximum Gasteiger partial charge on any atom is 0.243 e. The molecule has 2 saturated heterocycles. The van der Waals surface area contributed by atoms with Crippen LogP contribution in [0, 0.1) is 19.8 Å². The topological polar surface area (TPSA) is 69.7 Å². The molecule has 0 aromatic heterocycles. The number of halogens is 1. The molecule has 0 saturated carbocycles. The lowest BCUT2D eigenvalue weighted by molar-refractivity contribution is -0.138. The molecule has 0 unspecified atom stereocenters. The highest BCUT2D eigenvalue weighted by atomic mass is 35.5. The van der Waals surface area contributed by atoms with E-state index >= 15 is 0 Å². The minimum atomic E-state index is -3.48. The maximum atomic E-state index is 12.7. The molecule has 1 amide bonds. The molecular weight excluding hydrogens is 350 g/mol. The second kappa shape index (κ2) is 7.39. The molecule has 3 rings (SSSR count). The third kappa shape index (κ3) is 3.59. The molecule has 1 aromatic carbocycles. The van der Waals surface area contributed by atoms with E-state index in [9.17, 15) is 13.2 Å². The number of nitrogens with zero attached hydrogens (tertiary/aromatic N) is 2. The van der Waals surface area contributed by atoms with E-state index in [0.29, 0.717) is 31.1 Å². The fourth-order valence-electron chi connectivity index (χ4n) is 2.89. The van der Waals surface area contributed by atoms with E-state index in [0.717, 1.165) is 24.2 Å². The number of amides is 1. The van der Waals surface area contributed by atoms with Gasteiger partial charge in [-0.15, -0.1) is 12.4 Å². The molecule has 2 heterocycles. The van der Waals surface area contributed by atoms with Crippen molar-refractivity contribution in [1.29, 1.82) is 0 Å². The summed E-state index contributed by atoms with van der Waals surface area (Å²) in [5.74, 6) is 0.213. The van der Waals surface area contributed by atoms with Gasteiger partial charge in [-0.3, -0.25) is 4.79 Å². The Bertz CT molecular complexity index is 711. The van der Waals surface area contributed by atoms with Gasteiger partial charge in [-0.05, 0) is 37.1 Å². The average Bonchev–Trinajstić information content (AvgIpc) is 2.48. The Kier molecular flexibility index (Phi) is 5.91. The van der Waals surface area contributed by atoms with Crippen LogP contribution in [0.15, 0.2) is 23.1 Å². The lowest BCUT2D eigenvalue weighted by Crippen LogP contribution is -2.57. The number of carbonyl (C=O) groups is 1. The number of rotatable bonds is 3. The third-order valence-corrected chi connectivity index (χ3v) is 6.69. The largest absolute Gasteiger partial charge is 0.340 e. The van der Waals surface area contributed by atoms with E-state index in [2.05, 4.69) is 5.32 Å². The Balaban J connectivity index is 0.00000208. The van der Waals surface area contributed by atoms with Gasteiger partial charge in [0.1, 0.15) is 0 Å². The number of carbonyl (C=O) groups excluding carboxylic acids is 1. The number of benzene rings is 1. The molecule has 8 heteroatoms. The number of hydrogen-bond acceptors (Lipinski definition) is 4. The molecular formula is C16H24ClN3O3S. The molecule has 1 N–H and O–H groups in total. The molecule has 0 bridgehead atoms. The van der Waals surface area contributed by atoms with E-state index in [1.807, 2.05) is 19.9 Å². The number of hydrogen-bond donors (Lipinski definition) is 1. The lowest BCUT2D eigenvalue weighted by atomic mass is 10.0. The standard InChI is InChI=1S/C16H23N3O3S.ClH/c1-12-3-4-15(9-13(12)2)23(21,22)19-7-5-18(6-8-19)16(20)14-10-17-11-14;/h3-4,9,14,17H,5-8,10-11H2,1-2H3;1H. The van der Waals surface area contributed by atoms with Crippen molar-refractivity contribution in [3.05, 3.63) is 29.3 Å². The quantitative estimate of drug-likeness (QED) is 0.850. The van der Waals surface area contributed by atoms with Crippen LogP contribution in [0.25, 0.3) is 0 Å². The van der Waals surface area contributed by atoms with Crippen LogP contribution in [0.1, 0.15) is 11.1 Å². The smallest absolute Gasteiger partial charge is 0.243 e. The predicted octanol–water partition coefficient (Wildman–Crippen LogP) is 0.778. The van der Waals surface area contributed by atoms with Crippen LogP contribution in [0.3, 0.4) is 0 Å². The number of aryl methyl sites for hydroxylation is 2. The highest BCUT2D eigenvalue weighted by Gasteiger charge is 2.34. The van der Waals surface area contributed by atoms with E-state index in [4.69, 9.17) is 0 Å². The first-order valence-electron chi connectivity index (χ1n) is 7.96. The summed E-state index contributed by atoms with van der Waals surface area (Å²) in [5, 5.41) is 3.09. The Morgan fingerprint density at radius 3 is 2.21 bits per heavy atom. The molecule has 1 aromatic rings. The highest BCUT2D eigenvalue weighted by molar-refractivity contribution is 7.89. The average molecular weight is 374 g/mol. The molecule has 0 spiro atoms. The van der Waals surface area contributed by atoms with Gasteiger partial charge < -0.3 is 10.2 Å². The van der Waals surface area contributed by atoms with Crippen molar-refractivity contribution in [3.63, 3.8) is 0 Å².